The van der Waals surface area contributed by atoms with Crippen LogP contribution in [0.1, 0.15) is 49.5 Å². The Labute approximate surface area is 167 Å². The van der Waals surface area contributed by atoms with E-state index < -0.39 is 0 Å². The first-order valence-corrected chi connectivity index (χ1v) is 10.3. The Morgan fingerprint density at radius 1 is 1.36 bits per heavy atom. The molecule has 2 unspecified atom stereocenters. The van der Waals surface area contributed by atoms with Crippen LogP contribution in [0.5, 0.6) is 5.75 Å². The Hall–Kier alpha value is -2.40. The van der Waals surface area contributed by atoms with Crippen LogP contribution in [0.4, 0.5) is 0 Å². The van der Waals surface area contributed by atoms with Gasteiger partial charge in [0.25, 0.3) is 0 Å². The topological polar surface area (TPSA) is 42.7 Å². The quantitative estimate of drug-likeness (QED) is 0.759. The molecular formula is C23H30N4O. The maximum atomic E-state index is 5.75. The number of ether oxygens (including phenoxy) is 1. The highest BCUT2D eigenvalue weighted by molar-refractivity contribution is 6.09. The summed E-state index contributed by atoms with van der Waals surface area (Å²) in [6.07, 6.45) is 7.31. The van der Waals surface area contributed by atoms with E-state index in [1.807, 2.05) is 12.4 Å². The molecule has 28 heavy (non-hydrogen) atoms. The van der Waals surface area contributed by atoms with E-state index in [0.717, 1.165) is 44.2 Å². The van der Waals surface area contributed by atoms with Gasteiger partial charge in [0, 0.05) is 37.3 Å². The zero-order chi connectivity index (χ0) is 19.7. The van der Waals surface area contributed by atoms with E-state index in [2.05, 4.69) is 66.6 Å². The van der Waals surface area contributed by atoms with Gasteiger partial charge in [0.2, 0.25) is 0 Å². The number of rotatable bonds is 6. The third-order valence-corrected chi connectivity index (χ3v) is 5.89. The summed E-state index contributed by atoms with van der Waals surface area (Å²) < 4.78 is 8.06. The molecule has 2 atom stereocenters. The Bertz CT molecular complexity index is 911. The molecular weight excluding hydrogens is 348 g/mol. The first kappa shape index (κ1) is 18.9. The number of hydrogen-bond acceptors (Lipinski definition) is 4. The molecule has 1 aromatic heterocycles. The maximum Gasteiger partial charge on any atom is 0.123 e. The summed E-state index contributed by atoms with van der Waals surface area (Å²) in [5, 5.41) is 0. The van der Waals surface area contributed by atoms with Gasteiger partial charge in [-0.05, 0) is 44.0 Å². The highest BCUT2D eigenvalue weighted by Crippen LogP contribution is 2.31. The minimum absolute atomic E-state index is 0.287. The lowest BCUT2D eigenvalue weighted by Gasteiger charge is -2.25. The zero-order valence-electron chi connectivity index (χ0n) is 17.4. The number of fused-ring (bicyclic) bond motifs is 1. The lowest BCUT2D eigenvalue weighted by molar-refractivity contribution is 0.243. The fraction of sp³-hybridized carbons (Fsp3) is 0.478. The molecule has 2 aliphatic rings. The smallest absolute Gasteiger partial charge is 0.123 e. The predicted octanol–water partition coefficient (Wildman–Crippen LogP) is 4.13. The molecule has 5 heteroatoms. The maximum absolute atomic E-state index is 5.75. The molecule has 5 nitrogen and oxygen atoms in total. The minimum Gasteiger partial charge on any atom is -0.493 e. The Kier molecular flexibility index (Phi) is 5.36. The van der Waals surface area contributed by atoms with Gasteiger partial charge >= 0.3 is 0 Å². The van der Waals surface area contributed by atoms with E-state index in [9.17, 15) is 0 Å². The van der Waals surface area contributed by atoms with Gasteiger partial charge in [-0.1, -0.05) is 25.1 Å². The summed E-state index contributed by atoms with van der Waals surface area (Å²) in [7, 11) is 2.16. The van der Waals surface area contributed by atoms with E-state index in [1.165, 1.54) is 22.4 Å². The van der Waals surface area contributed by atoms with E-state index >= 15 is 0 Å². The summed E-state index contributed by atoms with van der Waals surface area (Å²) in [6.45, 7) is 10.0. The van der Waals surface area contributed by atoms with Crippen LogP contribution >= 0.6 is 0 Å². The SMILES string of the molecule is CCn1c(C2=CC(C)CN=C2)cnc1CN(C)C(C)c1ccc2c(c1)OCC2. The Morgan fingerprint density at radius 2 is 2.21 bits per heavy atom. The number of nitrogens with zero attached hydrogens (tertiary/aromatic N) is 4. The molecule has 0 bridgehead atoms. The van der Waals surface area contributed by atoms with Gasteiger partial charge < -0.3 is 9.30 Å². The first-order chi connectivity index (χ1) is 13.6. The molecule has 2 aliphatic heterocycles. The minimum atomic E-state index is 0.287. The van der Waals surface area contributed by atoms with Gasteiger partial charge in [-0.15, -0.1) is 0 Å². The van der Waals surface area contributed by atoms with Crippen molar-refractivity contribution in [1.82, 2.24) is 14.5 Å². The molecule has 1 aromatic carbocycles. The second kappa shape index (κ2) is 7.92. The van der Waals surface area contributed by atoms with Crippen molar-refractivity contribution in [2.24, 2.45) is 10.9 Å². The third-order valence-electron chi connectivity index (χ3n) is 5.89. The summed E-state index contributed by atoms with van der Waals surface area (Å²) in [5.74, 6) is 2.62. The van der Waals surface area contributed by atoms with Crippen LogP contribution in [-0.2, 0) is 19.5 Å². The van der Waals surface area contributed by atoms with Crippen LogP contribution in [0.25, 0.3) is 5.57 Å². The second-order valence-corrected chi connectivity index (χ2v) is 7.95. The van der Waals surface area contributed by atoms with Crippen molar-refractivity contribution in [2.75, 3.05) is 20.2 Å². The van der Waals surface area contributed by atoms with E-state index in [0.29, 0.717) is 5.92 Å². The van der Waals surface area contributed by atoms with Gasteiger partial charge in [-0.3, -0.25) is 9.89 Å². The number of aromatic nitrogens is 2. The average Bonchev–Trinajstić information content (AvgIpc) is 3.33. The largest absolute Gasteiger partial charge is 0.493 e. The number of allylic oxidation sites excluding steroid dienone is 1. The van der Waals surface area contributed by atoms with E-state index in [-0.39, 0.29) is 6.04 Å². The number of dihydropyridines is 1. The van der Waals surface area contributed by atoms with Crippen molar-refractivity contribution in [2.45, 2.75) is 46.3 Å². The monoisotopic (exact) mass is 378 g/mol. The molecule has 2 aromatic rings. The van der Waals surface area contributed by atoms with Crippen LogP contribution < -0.4 is 4.74 Å². The molecule has 0 N–H and O–H groups in total. The highest BCUT2D eigenvalue weighted by Gasteiger charge is 2.20. The summed E-state index contributed by atoms with van der Waals surface area (Å²) in [6, 6.07) is 6.93. The lowest BCUT2D eigenvalue weighted by atomic mass is 10.0. The third kappa shape index (κ3) is 3.63. The number of benzene rings is 1. The second-order valence-electron chi connectivity index (χ2n) is 7.95. The molecule has 0 saturated carbocycles. The van der Waals surface area contributed by atoms with Crippen LogP contribution in [0, 0.1) is 5.92 Å². The molecule has 0 saturated heterocycles. The van der Waals surface area contributed by atoms with Crippen LogP contribution in [-0.4, -0.2) is 40.9 Å². The molecule has 0 fully saturated rings. The van der Waals surface area contributed by atoms with Crippen molar-refractivity contribution in [3.63, 3.8) is 0 Å². The number of hydrogen-bond donors (Lipinski definition) is 0. The van der Waals surface area contributed by atoms with E-state index in [1.54, 1.807) is 0 Å². The zero-order valence-corrected chi connectivity index (χ0v) is 17.4. The van der Waals surface area contributed by atoms with Crippen molar-refractivity contribution >= 4 is 11.8 Å². The molecule has 0 amide bonds. The fourth-order valence-corrected chi connectivity index (χ4v) is 4.05. The summed E-state index contributed by atoms with van der Waals surface area (Å²) in [5.41, 5.74) is 4.96. The molecule has 0 spiro atoms. The first-order valence-electron chi connectivity index (χ1n) is 10.3. The Morgan fingerprint density at radius 3 is 3.00 bits per heavy atom. The van der Waals surface area contributed by atoms with Gasteiger partial charge in [0.1, 0.15) is 11.6 Å². The van der Waals surface area contributed by atoms with Crippen molar-refractivity contribution < 1.29 is 4.74 Å². The Balaban J connectivity index is 1.53. The predicted molar refractivity (Wildman–Crippen MR) is 114 cm³/mol. The molecule has 3 heterocycles. The molecule has 148 valence electrons. The van der Waals surface area contributed by atoms with E-state index in [4.69, 9.17) is 9.72 Å². The molecule has 0 radical (unpaired) electrons. The number of aliphatic imine (C=N–C) groups is 1. The molecule has 4 rings (SSSR count). The van der Waals surface area contributed by atoms with Crippen LogP contribution in [0.2, 0.25) is 0 Å². The summed E-state index contributed by atoms with van der Waals surface area (Å²) >= 11 is 0. The van der Waals surface area contributed by atoms with Crippen LogP contribution in [0.3, 0.4) is 0 Å². The van der Waals surface area contributed by atoms with Crippen molar-refractivity contribution in [3.8, 4) is 5.75 Å². The van der Waals surface area contributed by atoms with Gasteiger partial charge in [0.05, 0.1) is 25.0 Å². The van der Waals surface area contributed by atoms with Crippen LogP contribution in [0.15, 0.2) is 35.5 Å². The van der Waals surface area contributed by atoms with Gasteiger partial charge in [-0.2, -0.15) is 0 Å². The highest BCUT2D eigenvalue weighted by atomic mass is 16.5. The fourth-order valence-electron chi connectivity index (χ4n) is 4.05. The average molecular weight is 379 g/mol. The van der Waals surface area contributed by atoms with Crippen molar-refractivity contribution in [3.05, 3.63) is 53.1 Å². The normalized spacial score (nSPS) is 19.5. The summed E-state index contributed by atoms with van der Waals surface area (Å²) in [4.78, 5) is 11.6. The number of imidazole rings is 1. The standard InChI is InChI=1S/C23H30N4O/c1-5-27-21(20-10-16(2)12-24-13-20)14-25-23(27)15-26(4)17(3)19-7-6-18-8-9-28-22(18)11-19/h6-7,10-11,13-14,16-17H,5,8-9,12,15H2,1-4H3. The molecule has 0 aliphatic carbocycles. The van der Waals surface area contributed by atoms with Crippen molar-refractivity contribution in [1.29, 1.82) is 0 Å². The lowest BCUT2D eigenvalue weighted by Crippen LogP contribution is -2.24. The van der Waals surface area contributed by atoms with Gasteiger partial charge in [-0.25, -0.2) is 4.98 Å². The van der Waals surface area contributed by atoms with Gasteiger partial charge in [0.15, 0.2) is 0 Å².